The number of thiophene rings is 1. The average Bonchev–Trinajstić information content (AvgIpc) is 3.26. The Balaban J connectivity index is 1.43. The molecule has 1 amide bonds. The first kappa shape index (κ1) is 19.6. The van der Waals surface area contributed by atoms with E-state index in [0.717, 1.165) is 36.2 Å². The molecule has 0 saturated heterocycles. The number of pyridine rings is 1. The van der Waals surface area contributed by atoms with Gasteiger partial charge in [-0.3, -0.25) is 9.78 Å². The summed E-state index contributed by atoms with van der Waals surface area (Å²) in [6, 6.07) is 6.02. The molecule has 0 radical (unpaired) electrons. The number of thioether (sulfide) groups is 1. The summed E-state index contributed by atoms with van der Waals surface area (Å²) in [7, 11) is 1.87. The Kier molecular flexibility index (Phi) is 5.65. The lowest BCUT2D eigenvalue weighted by Gasteiger charge is -2.17. The first-order valence-corrected chi connectivity index (χ1v) is 11.1. The highest BCUT2D eigenvalue weighted by atomic mass is 32.2. The van der Waals surface area contributed by atoms with Gasteiger partial charge in [-0.2, -0.15) is 5.26 Å². The van der Waals surface area contributed by atoms with Gasteiger partial charge in [0, 0.05) is 29.9 Å². The van der Waals surface area contributed by atoms with Gasteiger partial charge in [0.15, 0.2) is 11.0 Å². The summed E-state index contributed by atoms with van der Waals surface area (Å²) in [5.41, 5.74) is 2.67. The zero-order chi connectivity index (χ0) is 20.4. The first-order valence-electron chi connectivity index (χ1n) is 9.34. The van der Waals surface area contributed by atoms with Crippen LogP contribution in [-0.2, 0) is 24.7 Å². The third kappa shape index (κ3) is 4.04. The molecule has 3 heterocycles. The maximum absolute atomic E-state index is 12.5. The first-order chi connectivity index (χ1) is 14.1. The number of anilines is 1. The smallest absolute Gasteiger partial charge is 0.235 e. The largest absolute Gasteiger partial charge is 0.316 e. The second-order valence-electron chi connectivity index (χ2n) is 7.11. The molecule has 3 aromatic rings. The lowest BCUT2D eigenvalue weighted by molar-refractivity contribution is -0.113. The van der Waals surface area contributed by atoms with Crippen LogP contribution in [0.25, 0.3) is 11.4 Å². The van der Waals surface area contributed by atoms with Crippen molar-refractivity contribution in [3.05, 3.63) is 40.5 Å². The zero-order valence-electron chi connectivity index (χ0n) is 16.2. The van der Waals surface area contributed by atoms with E-state index in [0.29, 0.717) is 21.6 Å². The van der Waals surface area contributed by atoms with Crippen LogP contribution in [0.1, 0.15) is 29.3 Å². The number of hydrogen-bond acceptors (Lipinski definition) is 7. The number of nitrogens with zero attached hydrogens (tertiary/aromatic N) is 5. The van der Waals surface area contributed by atoms with Crippen molar-refractivity contribution in [2.24, 2.45) is 13.0 Å². The summed E-state index contributed by atoms with van der Waals surface area (Å²) in [6.45, 7) is 2.23. The summed E-state index contributed by atoms with van der Waals surface area (Å²) < 4.78 is 1.86. The predicted octanol–water partition coefficient (Wildman–Crippen LogP) is 3.67. The number of nitrogens with one attached hydrogen (secondary N) is 1. The molecule has 4 rings (SSSR count). The normalized spacial score (nSPS) is 15.6. The Labute approximate surface area is 177 Å². The lowest BCUT2D eigenvalue weighted by atomic mass is 9.89. The standard InChI is InChI=1S/C20H20N6OS2/c1-12-3-4-14-15(10-21)19(29-16(14)9-12)23-17(27)11-28-20-25-24-18(26(20)2)13-5-7-22-8-6-13/h5-8,12H,3-4,9,11H2,1-2H3,(H,23,27). The average molecular weight is 425 g/mol. The summed E-state index contributed by atoms with van der Waals surface area (Å²) in [5.74, 6) is 1.40. The van der Waals surface area contributed by atoms with Gasteiger partial charge in [0.2, 0.25) is 5.91 Å². The highest BCUT2D eigenvalue weighted by molar-refractivity contribution is 7.99. The number of hydrogen-bond donors (Lipinski definition) is 1. The van der Waals surface area contributed by atoms with Gasteiger partial charge in [-0.25, -0.2) is 0 Å². The molecule has 1 N–H and O–H groups in total. The van der Waals surface area contributed by atoms with Crippen LogP contribution in [0.3, 0.4) is 0 Å². The Morgan fingerprint density at radius 1 is 1.41 bits per heavy atom. The van der Waals surface area contributed by atoms with E-state index in [-0.39, 0.29) is 11.7 Å². The van der Waals surface area contributed by atoms with Gasteiger partial charge in [0.25, 0.3) is 0 Å². The zero-order valence-corrected chi connectivity index (χ0v) is 17.8. The topological polar surface area (TPSA) is 96.5 Å². The van der Waals surface area contributed by atoms with E-state index in [4.69, 9.17) is 0 Å². The molecule has 3 aromatic heterocycles. The van der Waals surface area contributed by atoms with Crippen LogP contribution >= 0.6 is 23.1 Å². The molecule has 29 heavy (non-hydrogen) atoms. The number of fused-ring (bicyclic) bond motifs is 1. The summed E-state index contributed by atoms with van der Waals surface area (Å²) in [5, 5.41) is 22.2. The lowest BCUT2D eigenvalue weighted by Crippen LogP contribution is -2.14. The van der Waals surface area contributed by atoms with Gasteiger partial charge in [0.05, 0.1) is 11.3 Å². The minimum Gasteiger partial charge on any atom is -0.316 e. The molecule has 0 fully saturated rings. The quantitative estimate of drug-likeness (QED) is 0.628. The van der Waals surface area contributed by atoms with E-state index in [1.807, 2.05) is 23.7 Å². The number of carbonyl (C=O) groups is 1. The van der Waals surface area contributed by atoms with Crippen molar-refractivity contribution in [1.29, 1.82) is 5.26 Å². The van der Waals surface area contributed by atoms with Gasteiger partial charge < -0.3 is 9.88 Å². The van der Waals surface area contributed by atoms with Gasteiger partial charge >= 0.3 is 0 Å². The van der Waals surface area contributed by atoms with Crippen LogP contribution in [0.4, 0.5) is 5.00 Å². The molecule has 1 aliphatic carbocycles. The second-order valence-corrected chi connectivity index (χ2v) is 9.15. The van der Waals surface area contributed by atoms with Crippen molar-refractivity contribution in [1.82, 2.24) is 19.7 Å². The van der Waals surface area contributed by atoms with E-state index >= 15 is 0 Å². The predicted molar refractivity (Wildman–Crippen MR) is 114 cm³/mol. The van der Waals surface area contributed by atoms with E-state index in [2.05, 4.69) is 33.5 Å². The fourth-order valence-corrected chi connectivity index (χ4v) is 5.53. The van der Waals surface area contributed by atoms with Gasteiger partial charge in [0.1, 0.15) is 11.1 Å². The molecule has 0 aliphatic heterocycles. The number of amides is 1. The number of rotatable bonds is 5. The van der Waals surface area contributed by atoms with Crippen LogP contribution in [0.2, 0.25) is 0 Å². The molecular weight excluding hydrogens is 404 g/mol. The SMILES string of the molecule is CC1CCc2c(sc(NC(=O)CSc3nnc(-c4ccncc4)n3C)c2C#N)C1. The summed E-state index contributed by atoms with van der Waals surface area (Å²) >= 11 is 2.86. The van der Waals surface area contributed by atoms with Crippen LogP contribution in [0.5, 0.6) is 0 Å². The van der Waals surface area contributed by atoms with Crippen molar-refractivity contribution in [2.75, 3.05) is 11.1 Å². The number of nitriles is 1. The Bertz CT molecular complexity index is 1080. The van der Waals surface area contributed by atoms with Gasteiger partial charge in [-0.1, -0.05) is 18.7 Å². The fourth-order valence-electron chi connectivity index (χ4n) is 3.44. The maximum Gasteiger partial charge on any atom is 0.235 e. The molecule has 0 spiro atoms. The molecule has 0 aromatic carbocycles. The molecular formula is C20H20N6OS2. The molecule has 0 bridgehead atoms. The minimum absolute atomic E-state index is 0.147. The fraction of sp³-hybridized carbons (Fsp3) is 0.350. The van der Waals surface area contributed by atoms with Crippen LogP contribution in [-0.4, -0.2) is 31.4 Å². The molecule has 1 atom stereocenters. The number of aromatic nitrogens is 4. The Morgan fingerprint density at radius 2 is 2.21 bits per heavy atom. The van der Waals surface area contributed by atoms with Crippen LogP contribution in [0.15, 0.2) is 29.7 Å². The molecule has 1 aliphatic rings. The maximum atomic E-state index is 12.5. The molecule has 0 saturated carbocycles. The van der Waals surface area contributed by atoms with Crippen LogP contribution < -0.4 is 5.32 Å². The summed E-state index contributed by atoms with van der Waals surface area (Å²) in [6.07, 6.45) is 6.40. The molecule has 9 heteroatoms. The Hall–Kier alpha value is -2.70. The third-order valence-electron chi connectivity index (χ3n) is 4.98. The van der Waals surface area contributed by atoms with E-state index in [1.165, 1.54) is 16.6 Å². The van der Waals surface area contributed by atoms with Gasteiger partial charge in [-0.05, 0) is 42.9 Å². The van der Waals surface area contributed by atoms with E-state index in [9.17, 15) is 10.1 Å². The van der Waals surface area contributed by atoms with Crippen molar-refractivity contribution in [3.8, 4) is 17.5 Å². The van der Waals surface area contributed by atoms with E-state index in [1.54, 1.807) is 23.7 Å². The molecule has 1 unspecified atom stereocenters. The molecule has 7 nitrogen and oxygen atoms in total. The monoisotopic (exact) mass is 424 g/mol. The van der Waals surface area contributed by atoms with Crippen LogP contribution in [0, 0.1) is 17.2 Å². The van der Waals surface area contributed by atoms with Gasteiger partial charge in [-0.15, -0.1) is 21.5 Å². The highest BCUT2D eigenvalue weighted by Crippen LogP contribution is 2.39. The van der Waals surface area contributed by atoms with Crippen molar-refractivity contribution < 1.29 is 4.79 Å². The Morgan fingerprint density at radius 3 is 2.97 bits per heavy atom. The number of carbonyl (C=O) groups excluding carboxylic acids is 1. The van der Waals surface area contributed by atoms with Crippen molar-refractivity contribution in [3.63, 3.8) is 0 Å². The highest BCUT2D eigenvalue weighted by Gasteiger charge is 2.24. The summed E-state index contributed by atoms with van der Waals surface area (Å²) in [4.78, 5) is 17.8. The van der Waals surface area contributed by atoms with Crippen molar-refractivity contribution >= 4 is 34.0 Å². The van der Waals surface area contributed by atoms with E-state index < -0.39 is 0 Å². The third-order valence-corrected chi connectivity index (χ3v) is 7.17. The second kappa shape index (κ2) is 8.35. The molecule has 148 valence electrons. The van der Waals surface area contributed by atoms with Crippen molar-refractivity contribution in [2.45, 2.75) is 31.3 Å². The minimum atomic E-state index is -0.147.